The van der Waals surface area contributed by atoms with Crippen molar-refractivity contribution in [2.24, 2.45) is 5.73 Å². The molecule has 23 heavy (non-hydrogen) atoms. The van der Waals surface area contributed by atoms with Gasteiger partial charge in [-0.2, -0.15) is 5.06 Å². The summed E-state index contributed by atoms with van der Waals surface area (Å²) in [6.07, 6.45) is 22.9. The fraction of sp³-hybridized carbons (Fsp3) is 1.00. The first-order valence-corrected chi connectivity index (χ1v) is 10.2. The van der Waals surface area contributed by atoms with Crippen molar-refractivity contribution in [3.63, 3.8) is 0 Å². The van der Waals surface area contributed by atoms with Gasteiger partial charge >= 0.3 is 0 Å². The summed E-state index contributed by atoms with van der Waals surface area (Å²) in [6, 6.07) is 0. The van der Waals surface area contributed by atoms with Crippen LogP contribution in [0, 0.1) is 0 Å². The molecule has 0 aromatic carbocycles. The molecule has 3 heteroatoms. The summed E-state index contributed by atoms with van der Waals surface area (Å²) < 4.78 is 0. The van der Waals surface area contributed by atoms with Crippen LogP contribution < -0.4 is 5.73 Å². The van der Waals surface area contributed by atoms with Crippen molar-refractivity contribution in [2.75, 3.05) is 20.6 Å². The second-order valence-corrected chi connectivity index (χ2v) is 6.94. The van der Waals surface area contributed by atoms with Gasteiger partial charge in [-0.15, -0.1) is 0 Å². The van der Waals surface area contributed by atoms with Crippen LogP contribution in [0.15, 0.2) is 0 Å². The monoisotopic (exact) mass is 330 g/mol. The number of hydrogen-bond donors (Lipinski definition) is 2. The lowest BCUT2D eigenvalue weighted by molar-refractivity contribution is -0.0372. The van der Waals surface area contributed by atoms with Crippen molar-refractivity contribution in [3.8, 4) is 0 Å². The molecular formula is C20H46N2O. The van der Waals surface area contributed by atoms with Gasteiger partial charge in [0.2, 0.25) is 0 Å². The van der Waals surface area contributed by atoms with Crippen LogP contribution in [-0.4, -0.2) is 30.9 Å². The molecule has 3 nitrogen and oxygen atoms in total. The predicted octanol–water partition coefficient (Wildman–Crippen LogP) is 6.14. The summed E-state index contributed by atoms with van der Waals surface area (Å²) in [5.74, 6) is 0. The topological polar surface area (TPSA) is 49.5 Å². The second kappa shape index (κ2) is 24.1. The molecule has 0 aliphatic carbocycles. The molecule has 0 rings (SSSR count). The van der Waals surface area contributed by atoms with Gasteiger partial charge in [0.05, 0.1) is 0 Å². The Morgan fingerprint density at radius 2 is 0.783 bits per heavy atom. The molecule has 0 aromatic rings. The Morgan fingerprint density at radius 1 is 0.565 bits per heavy atom. The van der Waals surface area contributed by atoms with Crippen LogP contribution >= 0.6 is 0 Å². The molecule has 0 aliphatic heterocycles. The van der Waals surface area contributed by atoms with E-state index in [-0.39, 0.29) is 0 Å². The van der Waals surface area contributed by atoms with E-state index in [1.807, 2.05) is 0 Å². The van der Waals surface area contributed by atoms with E-state index in [1.165, 1.54) is 103 Å². The lowest BCUT2D eigenvalue weighted by atomic mass is 10.0. The van der Waals surface area contributed by atoms with Crippen LogP contribution in [-0.2, 0) is 0 Å². The maximum absolute atomic E-state index is 7.89. The first kappa shape index (κ1) is 25.1. The molecule has 142 valence electrons. The summed E-state index contributed by atoms with van der Waals surface area (Å²) in [4.78, 5) is 0. The average molecular weight is 331 g/mol. The number of unbranched alkanes of at least 4 members (excludes halogenated alkanes) is 15. The summed E-state index contributed by atoms with van der Waals surface area (Å²) in [5.41, 5.74) is 5.48. The molecular weight excluding hydrogens is 284 g/mol. The third-order valence-electron chi connectivity index (χ3n) is 4.06. The van der Waals surface area contributed by atoms with Crippen molar-refractivity contribution < 1.29 is 5.21 Å². The van der Waals surface area contributed by atoms with E-state index >= 15 is 0 Å². The molecule has 0 aromatic heterocycles. The Morgan fingerprint density at radius 3 is 1.00 bits per heavy atom. The van der Waals surface area contributed by atoms with Crippen LogP contribution in [0.5, 0.6) is 0 Å². The Kier molecular flexibility index (Phi) is 26.4. The maximum Gasteiger partial charge on any atom is 0.0121 e. The van der Waals surface area contributed by atoms with Gasteiger partial charge in [0, 0.05) is 14.1 Å². The largest absolute Gasteiger partial charge is 0.330 e. The van der Waals surface area contributed by atoms with E-state index in [2.05, 4.69) is 6.92 Å². The highest BCUT2D eigenvalue weighted by Crippen LogP contribution is 2.13. The van der Waals surface area contributed by atoms with E-state index in [1.54, 1.807) is 14.1 Å². The lowest BCUT2D eigenvalue weighted by Gasteiger charge is -2.03. The Balaban J connectivity index is 0. The fourth-order valence-corrected chi connectivity index (χ4v) is 2.69. The summed E-state index contributed by atoms with van der Waals surface area (Å²) in [5, 5.41) is 8.89. The molecule has 0 atom stereocenters. The van der Waals surface area contributed by atoms with E-state index in [0.29, 0.717) is 0 Å². The minimum atomic E-state index is 0.873. The number of nitrogens with zero attached hydrogens (tertiary/aromatic N) is 1. The molecule has 0 saturated carbocycles. The molecule has 0 aliphatic rings. The zero-order valence-electron chi connectivity index (χ0n) is 16.5. The van der Waals surface area contributed by atoms with E-state index in [0.717, 1.165) is 11.6 Å². The molecule has 3 N–H and O–H groups in total. The molecule has 0 fully saturated rings. The van der Waals surface area contributed by atoms with Gasteiger partial charge in [-0.05, 0) is 13.0 Å². The highest BCUT2D eigenvalue weighted by molar-refractivity contribution is 4.49. The number of hydroxylamine groups is 2. The number of hydrogen-bond acceptors (Lipinski definition) is 3. The molecule has 0 amide bonds. The predicted molar refractivity (Wildman–Crippen MR) is 104 cm³/mol. The lowest BCUT2D eigenvalue weighted by Crippen LogP contribution is -2.01. The molecule has 0 saturated heterocycles. The standard InChI is InChI=1S/C18H39N.C2H7NO/c1-2-3-4-5-6-7-8-9-10-11-12-13-14-15-16-17-18-19;1-3(2)4/h2-19H2,1H3;4H,1-2H3. The zero-order valence-corrected chi connectivity index (χ0v) is 16.5. The maximum atomic E-state index is 7.89. The van der Waals surface area contributed by atoms with Gasteiger partial charge in [0.15, 0.2) is 0 Å². The minimum Gasteiger partial charge on any atom is -0.330 e. The quantitative estimate of drug-likeness (QED) is 0.264. The van der Waals surface area contributed by atoms with E-state index in [4.69, 9.17) is 10.9 Å². The molecule has 0 spiro atoms. The molecule has 0 bridgehead atoms. The van der Waals surface area contributed by atoms with Crippen LogP contribution in [0.1, 0.15) is 110 Å². The normalized spacial score (nSPS) is 10.7. The van der Waals surface area contributed by atoms with Crippen LogP contribution in [0.4, 0.5) is 0 Å². The highest BCUT2D eigenvalue weighted by Gasteiger charge is 1.94. The minimum absolute atomic E-state index is 0.873. The molecule has 0 unspecified atom stereocenters. The highest BCUT2D eigenvalue weighted by atomic mass is 16.5. The van der Waals surface area contributed by atoms with Crippen molar-refractivity contribution in [1.82, 2.24) is 5.06 Å². The summed E-state index contributed by atoms with van der Waals surface area (Å²) in [6.45, 7) is 3.16. The van der Waals surface area contributed by atoms with Crippen LogP contribution in [0.2, 0.25) is 0 Å². The van der Waals surface area contributed by atoms with Gasteiger partial charge in [0.1, 0.15) is 0 Å². The van der Waals surface area contributed by atoms with Crippen molar-refractivity contribution >= 4 is 0 Å². The van der Waals surface area contributed by atoms with Crippen LogP contribution in [0.3, 0.4) is 0 Å². The average Bonchev–Trinajstić information content (AvgIpc) is 2.50. The van der Waals surface area contributed by atoms with Crippen molar-refractivity contribution in [2.45, 2.75) is 110 Å². The van der Waals surface area contributed by atoms with Crippen molar-refractivity contribution in [3.05, 3.63) is 0 Å². The van der Waals surface area contributed by atoms with Gasteiger partial charge < -0.3 is 10.9 Å². The van der Waals surface area contributed by atoms with Gasteiger partial charge in [0.25, 0.3) is 0 Å². The smallest absolute Gasteiger partial charge is 0.0121 e. The number of rotatable bonds is 16. The molecule has 0 radical (unpaired) electrons. The number of nitrogens with two attached hydrogens (primary N) is 1. The van der Waals surface area contributed by atoms with E-state index in [9.17, 15) is 0 Å². The Bertz CT molecular complexity index is 168. The SMILES string of the molecule is CCCCCCCCCCCCCCCCCCN.CN(C)O. The summed E-state index contributed by atoms with van der Waals surface area (Å²) >= 11 is 0. The molecule has 0 heterocycles. The first-order chi connectivity index (χ1) is 11.1. The van der Waals surface area contributed by atoms with Crippen LogP contribution in [0.25, 0.3) is 0 Å². The van der Waals surface area contributed by atoms with Crippen molar-refractivity contribution in [1.29, 1.82) is 0 Å². The zero-order chi connectivity index (χ0) is 17.6. The third-order valence-corrected chi connectivity index (χ3v) is 4.06. The van der Waals surface area contributed by atoms with E-state index < -0.39 is 0 Å². The fourth-order valence-electron chi connectivity index (χ4n) is 2.69. The third kappa shape index (κ3) is 34.3. The Hall–Kier alpha value is -0.120. The van der Waals surface area contributed by atoms with Gasteiger partial charge in [-0.3, -0.25) is 0 Å². The van der Waals surface area contributed by atoms with Gasteiger partial charge in [-0.1, -0.05) is 103 Å². The second-order valence-electron chi connectivity index (χ2n) is 6.94. The Labute approximate surface area is 147 Å². The van der Waals surface area contributed by atoms with Gasteiger partial charge in [-0.25, -0.2) is 0 Å². The summed E-state index contributed by atoms with van der Waals surface area (Å²) in [7, 11) is 3.11. The first-order valence-electron chi connectivity index (χ1n) is 10.2.